The van der Waals surface area contributed by atoms with Gasteiger partial charge in [-0.05, 0) is 42.7 Å². The third-order valence-corrected chi connectivity index (χ3v) is 3.91. The van der Waals surface area contributed by atoms with E-state index in [4.69, 9.17) is 10.1 Å². The summed E-state index contributed by atoms with van der Waals surface area (Å²) in [5.41, 5.74) is 4.81. The number of aliphatic hydroxyl groups is 1. The van der Waals surface area contributed by atoms with Crippen LogP contribution in [0.2, 0.25) is 0 Å². The number of amides is 1. The van der Waals surface area contributed by atoms with Gasteiger partial charge in [0.05, 0.1) is 11.2 Å². The van der Waals surface area contributed by atoms with Gasteiger partial charge in [0, 0.05) is 30.2 Å². The number of fused-ring (bicyclic) bond motifs is 1. The number of para-hydroxylation sites is 1. The summed E-state index contributed by atoms with van der Waals surface area (Å²) in [6.45, 7) is 1.67. The van der Waals surface area contributed by atoms with E-state index < -0.39 is 0 Å². The first-order chi connectivity index (χ1) is 11.7. The van der Waals surface area contributed by atoms with Crippen LogP contribution in [0.1, 0.15) is 18.9 Å². The highest BCUT2D eigenvalue weighted by molar-refractivity contribution is 5.89. The number of rotatable bonds is 5. The van der Waals surface area contributed by atoms with E-state index in [9.17, 15) is 4.79 Å². The lowest BCUT2D eigenvalue weighted by atomic mass is 10.0. The second kappa shape index (κ2) is 7.23. The maximum absolute atomic E-state index is 11.1. The molecule has 0 radical (unpaired) electrons. The molecule has 0 spiro atoms. The normalized spacial score (nSPS) is 10.8. The number of nitrogens with one attached hydrogen (secondary N) is 1. The van der Waals surface area contributed by atoms with Gasteiger partial charge in [-0.25, -0.2) is 4.98 Å². The van der Waals surface area contributed by atoms with Gasteiger partial charge >= 0.3 is 0 Å². The Bertz CT molecular complexity index is 857. The van der Waals surface area contributed by atoms with E-state index in [1.807, 2.05) is 42.5 Å². The molecule has 0 saturated carbocycles. The predicted molar refractivity (Wildman–Crippen MR) is 96.9 cm³/mol. The number of carbonyl (C=O) groups excluding carboxylic acids is 1. The molecule has 24 heavy (non-hydrogen) atoms. The number of hydrogen-bond donors (Lipinski definition) is 2. The predicted octanol–water partition coefficient (Wildman–Crippen LogP) is 3.79. The van der Waals surface area contributed by atoms with Crippen LogP contribution in [-0.2, 0) is 11.2 Å². The Labute approximate surface area is 141 Å². The molecule has 0 fully saturated rings. The summed E-state index contributed by atoms with van der Waals surface area (Å²) in [7, 11) is 0. The summed E-state index contributed by atoms with van der Waals surface area (Å²) >= 11 is 0. The zero-order valence-corrected chi connectivity index (χ0v) is 13.6. The van der Waals surface area contributed by atoms with Crippen molar-refractivity contribution in [2.75, 3.05) is 11.9 Å². The van der Waals surface area contributed by atoms with Crippen molar-refractivity contribution >= 4 is 22.5 Å². The van der Waals surface area contributed by atoms with Gasteiger partial charge in [0.15, 0.2) is 0 Å². The molecular formula is C20H20N2O2. The van der Waals surface area contributed by atoms with E-state index >= 15 is 0 Å². The van der Waals surface area contributed by atoms with Crippen LogP contribution >= 0.6 is 0 Å². The number of benzene rings is 2. The highest BCUT2D eigenvalue weighted by Crippen LogP contribution is 2.26. The topological polar surface area (TPSA) is 62.2 Å². The van der Waals surface area contributed by atoms with Gasteiger partial charge in [0.2, 0.25) is 5.91 Å². The van der Waals surface area contributed by atoms with E-state index in [0.717, 1.165) is 40.7 Å². The number of pyridine rings is 1. The molecule has 1 heterocycles. The van der Waals surface area contributed by atoms with Crippen molar-refractivity contribution in [3.8, 4) is 11.3 Å². The zero-order valence-electron chi connectivity index (χ0n) is 13.6. The second-order valence-electron chi connectivity index (χ2n) is 5.77. The minimum atomic E-state index is -0.0853. The Balaban J connectivity index is 2.00. The van der Waals surface area contributed by atoms with Gasteiger partial charge in [-0.15, -0.1) is 0 Å². The van der Waals surface area contributed by atoms with Gasteiger partial charge in [0.25, 0.3) is 0 Å². The molecule has 0 unspecified atom stereocenters. The van der Waals surface area contributed by atoms with Crippen LogP contribution in [0.4, 0.5) is 5.69 Å². The Morgan fingerprint density at radius 2 is 1.88 bits per heavy atom. The summed E-state index contributed by atoms with van der Waals surface area (Å²) in [6, 6.07) is 17.8. The minimum Gasteiger partial charge on any atom is -0.396 e. The molecular weight excluding hydrogens is 300 g/mol. The lowest BCUT2D eigenvalue weighted by Gasteiger charge is -2.10. The SMILES string of the molecule is CC(=O)Nc1ccc(-c2cc(CCCO)c3ccccc3n2)cc1. The molecule has 2 N–H and O–H groups in total. The van der Waals surface area contributed by atoms with Gasteiger partial charge in [0.1, 0.15) is 0 Å². The quantitative estimate of drug-likeness (QED) is 0.752. The van der Waals surface area contributed by atoms with Gasteiger partial charge in [-0.2, -0.15) is 0 Å². The minimum absolute atomic E-state index is 0.0853. The van der Waals surface area contributed by atoms with Crippen LogP contribution in [0.25, 0.3) is 22.2 Å². The van der Waals surface area contributed by atoms with E-state index in [2.05, 4.69) is 17.4 Å². The van der Waals surface area contributed by atoms with E-state index in [1.54, 1.807) is 0 Å². The lowest BCUT2D eigenvalue weighted by Crippen LogP contribution is -2.05. The van der Waals surface area contributed by atoms with Crippen LogP contribution < -0.4 is 5.32 Å². The molecule has 0 aliphatic carbocycles. The fourth-order valence-electron chi connectivity index (χ4n) is 2.80. The summed E-state index contributed by atoms with van der Waals surface area (Å²) in [5, 5.41) is 13.0. The molecule has 2 aromatic carbocycles. The van der Waals surface area contributed by atoms with Crippen molar-refractivity contribution in [3.05, 3.63) is 60.2 Å². The fourth-order valence-corrected chi connectivity index (χ4v) is 2.80. The fraction of sp³-hybridized carbons (Fsp3) is 0.200. The molecule has 0 bridgehead atoms. The lowest BCUT2D eigenvalue weighted by molar-refractivity contribution is -0.114. The molecule has 1 aromatic heterocycles. The van der Waals surface area contributed by atoms with Crippen molar-refractivity contribution in [2.24, 2.45) is 0 Å². The third kappa shape index (κ3) is 3.60. The molecule has 0 aliphatic rings. The van der Waals surface area contributed by atoms with E-state index in [0.29, 0.717) is 0 Å². The van der Waals surface area contributed by atoms with Crippen molar-refractivity contribution in [1.82, 2.24) is 4.98 Å². The standard InChI is InChI=1S/C20H20N2O2/c1-14(24)21-17-10-8-15(9-11-17)20-13-16(5-4-12-23)18-6-2-3-7-19(18)22-20/h2-3,6-11,13,23H,4-5,12H2,1H3,(H,21,24). The van der Waals surface area contributed by atoms with Gasteiger partial charge in [-0.1, -0.05) is 30.3 Å². The van der Waals surface area contributed by atoms with Crippen molar-refractivity contribution in [3.63, 3.8) is 0 Å². The maximum Gasteiger partial charge on any atom is 0.221 e. The maximum atomic E-state index is 11.1. The second-order valence-corrected chi connectivity index (χ2v) is 5.77. The summed E-state index contributed by atoms with van der Waals surface area (Å²) in [4.78, 5) is 15.9. The van der Waals surface area contributed by atoms with Crippen LogP contribution in [0.15, 0.2) is 54.6 Å². The molecule has 0 aliphatic heterocycles. The highest BCUT2D eigenvalue weighted by Gasteiger charge is 2.08. The zero-order chi connectivity index (χ0) is 16.9. The van der Waals surface area contributed by atoms with Crippen molar-refractivity contribution in [1.29, 1.82) is 0 Å². The van der Waals surface area contributed by atoms with Crippen LogP contribution in [0.5, 0.6) is 0 Å². The third-order valence-electron chi connectivity index (χ3n) is 3.91. The number of aliphatic hydroxyl groups excluding tert-OH is 1. The Morgan fingerprint density at radius 3 is 2.58 bits per heavy atom. The molecule has 3 aromatic rings. The summed E-state index contributed by atoms with van der Waals surface area (Å²) in [6.07, 6.45) is 1.55. The summed E-state index contributed by atoms with van der Waals surface area (Å²) in [5.74, 6) is -0.0853. The van der Waals surface area contributed by atoms with Gasteiger partial charge < -0.3 is 10.4 Å². The van der Waals surface area contributed by atoms with Gasteiger partial charge in [-0.3, -0.25) is 4.79 Å². The largest absolute Gasteiger partial charge is 0.396 e. The molecule has 0 saturated heterocycles. The smallest absolute Gasteiger partial charge is 0.221 e. The first kappa shape index (κ1) is 16.1. The number of hydrogen-bond acceptors (Lipinski definition) is 3. The highest BCUT2D eigenvalue weighted by atomic mass is 16.2. The molecule has 4 heteroatoms. The van der Waals surface area contributed by atoms with Crippen LogP contribution in [0, 0.1) is 0 Å². The van der Waals surface area contributed by atoms with Crippen LogP contribution in [0.3, 0.4) is 0 Å². The molecule has 1 amide bonds. The average molecular weight is 320 g/mol. The Hall–Kier alpha value is -2.72. The number of anilines is 1. The average Bonchev–Trinajstić information content (AvgIpc) is 2.59. The van der Waals surface area contributed by atoms with Crippen molar-refractivity contribution < 1.29 is 9.90 Å². The Morgan fingerprint density at radius 1 is 1.12 bits per heavy atom. The number of nitrogens with zero attached hydrogens (tertiary/aromatic N) is 1. The number of aromatic nitrogens is 1. The van der Waals surface area contributed by atoms with Crippen molar-refractivity contribution in [2.45, 2.75) is 19.8 Å². The molecule has 4 nitrogen and oxygen atoms in total. The van der Waals surface area contributed by atoms with E-state index in [1.165, 1.54) is 12.5 Å². The first-order valence-corrected chi connectivity index (χ1v) is 8.05. The summed E-state index contributed by atoms with van der Waals surface area (Å²) < 4.78 is 0. The van der Waals surface area contributed by atoms with Crippen LogP contribution in [-0.4, -0.2) is 22.6 Å². The molecule has 0 atom stereocenters. The Kier molecular flexibility index (Phi) is 4.87. The molecule has 3 rings (SSSR count). The van der Waals surface area contributed by atoms with E-state index in [-0.39, 0.29) is 12.5 Å². The first-order valence-electron chi connectivity index (χ1n) is 8.05. The monoisotopic (exact) mass is 320 g/mol. The molecule has 122 valence electrons. The number of aryl methyl sites for hydroxylation is 1. The number of carbonyl (C=O) groups is 1.